The lowest BCUT2D eigenvalue weighted by Crippen LogP contribution is -2.40. The van der Waals surface area contributed by atoms with Crippen LogP contribution < -0.4 is 15.5 Å². The van der Waals surface area contributed by atoms with Gasteiger partial charge >= 0.3 is 0 Å². The Hall–Kier alpha value is -4.20. The lowest BCUT2D eigenvalue weighted by molar-refractivity contribution is -0.120. The van der Waals surface area contributed by atoms with Crippen molar-refractivity contribution in [3.63, 3.8) is 0 Å². The summed E-state index contributed by atoms with van der Waals surface area (Å²) in [5, 5.41) is 16.2. The number of sulfonamides is 1. The molecule has 3 aromatic carbocycles. The lowest BCUT2D eigenvalue weighted by atomic mass is 10.0. The average molecular weight is 563 g/mol. The number of halogens is 1. The van der Waals surface area contributed by atoms with E-state index in [0.29, 0.717) is 22.7 Å². The van der Waals surface area contributed by atoms with Crippen LogP contribution in [0.1, 0.15) is 37.4 Å². The molecule has 200 valence electrons. The molecule has 3 N–H and O–H groups in total. The van der Waals surface area contributed by atoms with E-state index in [1.807, 2.05) is 48.5 Å². The maximum atomic E-state index is 13.4. The Labute approximate surface area is 232 Å². The Morgan fingerprint density at radius 2 is 1.74 bits per heavy atom. The van der Waals surface area contributed by atoms with E-state index in [4.69, 9.17) is 27.7 Å². The minimum Gasteiger partial charge on any atom is -0.368 e. The second kappa shape index (κ2) is 11.7. The molecule has 1 aliphatic rings. The molecule has 4 rings (SSSR count). The second-order valence-electron chi connectivity index (χ2n) is 9.31. The van der Waals surface area contributed by atoms with Crippen molar-refractivity contribution in [2.24, 2.45) is 21.7 Å². The molecule has 39 heavy (non-hydrogen) atoms. The summed E-state index contributed by atoms with van der Waals surface area (Å²) >= 11 is 6.11. The smallest absolute Gasteiger partial charge is 0.263 e. The van der Waals surface area contributed by atoms with Crippen LogP contribution in [0.25, 0.3) is 0 Å². The summed E-state index contributed by atoms with van der Waals surface area (Å²) in [6, 6.07) is 23.0. The predicted molar refractivity (Wildman–Crippen MR) is 152 cm³/mol. The van der Waals surface area contributed by atoms with Crippen LogP contribution in [0.2, 0.25) is 5.02 Å². The first-order chi connectivity index (χ1) is 18.6. The van der Waals surface area contributed by atoms with Crippen LogP contribution in [0.5, 0.6) is 0 Å². The van der Waals surface area contributed by atoms with Gasteiger partial charge in [-0.25, -0.2) is 8.42 Å². The minimum atomic E-state index is -4.15. The van der Waals surface area contributed by atoms with E-state index in [2.05, 4.69) is 9.71 Å². The lowest BCUT2D eigenvalue weighted by Gasteiger charge is -2.24. The van der Waals surface area contributed by atoms with Crippen molar-refractivity contribution in [3.8, 4) is 6.07 Å². The molecule has 3 aromatic rings. The van der Waals surface area contributed by atoms with E-state index in [0.717, 1.165) is 11.3 Å². The number of anilines is 1. The summed E-state index contributed by atoms with van der Waals surface area (Å²) in [6.07, 6.45) is 0.297. The van der Waals surface area contributed by atoms with Gasteiger partial charge in [-0.2, -0.15) is 10.4 Å². The number of rotatable bonds is 8. The van der Waals surface area contributed by atoms with Crippen LogP contribution in [0.15, 0.2) is 93.9 Å². The molecule has 0 aliphatic carbocycles. The zero-order valence-corrected chi connectivity index (χ0v) is 22.9. The van der Waals surface area contributed by atoms with Gasteiger partial charge in [0, 0.05) is 11.4 Å². The Bertz CT molecular complexity index is 1550. The van der Waals surface area contributed by atoms with Crippen LogP contribution in [-0.4, -0.2) is 31.9 Å². The molecule has 0 bridgehead atoms. The van der Waals surface area contributed by atoms with E-state index in [9.17, 15) is 13.2 Å². The third-order valence-corrected chi connectivity index (χ3v) is 7.78. The first kappa shape index (κ1) is 27.8. The molecule has 0 spiro atoms. The molecule has 1 amide bonds. The molecular formula is C28H27ClN6O3S. The average Bonchev–Trinajstić information content (AvgIpc) is 3.37. The van der Waals surface area contributed by atoms with Gasteiger partial charge in [0.05, 0.1) is 28.3 Å². The molecular weight excluding hydrogens is 536 g/mol. The number of primary amides is 1. The monoisotopic (exact) mass is 562 g/mol. The molecule has 0 radical (unpaired) electrons. The van der Waals surface area contributed by atoms with Crippen LogP contribution in [0.3, 0.4) is 0 Å². The zero-order chi connectivity index (χ0) is 28.2. The number of hydrogen-bond donors (Lipinski definition) is 2. The molecule has 11 heteroatoms. The third-order valence-electron chi connectivity index (χ3n) is 6.18. The van der Waals surface area contributed by atoms with Gasteiger partial charge in [-0.15, -0.1) is 0 Å². The van der Waals surface area contributed by atoms with Crippen molar-refractivity contribution in [1.82, 2.24) is 4.72 Å². The largest absolute Gasteiger partial charge is 0.368 e. The summed E-state index contributed by atoms with van der Waals surface area (Å²) in [5.41, 5.74) is 7.98. The summed E-state index contributed by atoms with van der Waals surface area (Å²) in [6.45, 7) is 3.55. The Morgan fingerprint density at radius 1 is 1.10 bits per heavy atom. The quantitative estimate of drug-likeness (QED) is 0.309. The van der Waals surface area contributed by atoms with Crippen molar-refractivity contribution in [2.75, 3.05) is 5.01 Å². The number of nitrogens with zero attached hydrogens (tertiary/aromatic N) is 4. The van der Waals surface area contributed by atoms with Crippen molar-refractivity contribution < 1.29 is 13.2 Å². The van der Waals surface area contributed by atoms with E-state index < -0.39 is 22.0 Å². The van der Waals surface area contributed by atoms with Gasteiger partial charge in [0.25, 0.3) is 10.0 Å². The van der Waals surface area contributed by atoms with E-state index in [1.165, 1.54) is 24.3 Å². The Kier molecular flexibility index (Phi) is 8.33. The highest BCUT2D eigenvalue weighted by atomic mass is 35.5. The zero-order valence-electron chi connectivity index (χ0n) is 21.3. The van der Waals surface area contributed by atoms with Gasteiger partial charge in [-0.3, -0.25) is 19.5 Å². The Balaban J connectivity index is 1.81. The van der Waals surface area contributed by atoms with Gasteiger partial charge in [-0.05, 0) is 60.0 Å². The number of aliphatic imine (C=N–C) groups is 1. The SMILES string of the molecule is CC(C)[C@H](N=C(NS(=O)(=O)c1ccc(C#N)cc1)C1=NN(c2ccc(Cl)cc2)C(c2ccccc2)C1)C(N)=O. The van der Waals surface area contributed by atoms with E-state index >= 15 is 0 Å². The molecule has 1 heterocycles. The van der Waals surface area contributed by atoms with Crippen molar-refractivity contribution >= 4 is 44.8 Å². The molecule has 1 unspecified atom stereocenters. The molecule has 0 aromatic heterocycles. The predicted octanol–water partition coefficient (Wildman–Crippen LogP) is 4.41. The van der Waals surface area contributed by atoms with Crippen LogP contribution in [0, 0.1) is 17.2 Å². The number of hydrazone groups is 1. The van der Waals surface area contributed by atoms with Gasteiger partial charge in [0.1, 0.15) is 11.8 Å². The van der Waals surface area contributed by atoms with Crippen LogP contribution in [-0.2, 0) is 14.8 Å². The third kappa shape index (κ3) is 6.45. The van der Waals surface area contributed by atoms with Crippen LogP contribution >= 0.6 is 11.6 Å². The molecule has 0 fully saturated rings. The highest BCUT2D eigenvalue weighted by Crippen LogP contribution is 2.36. The molecule has 1 aliphatic heterocycles. The van der Waals surface area contributed by atoms with E-state index in [1.54, 1.807) is 31.0 Å². The fraction of sp³-hybridized carbons (Fsp3) is 0.214. The molecule has 2 atom stereocenters. The highest BCUT2D eigenvalue weighted by molar-refractivity contribution is 7.90. The Morgan fingerprint density at radius 3 is 2.31 bits per heavy atom. The highest BCUT2D eigenvalue weighted by Gasteiger charge is 2.34. The van der Waals surface area contributed by atoms with Crippen molar-refractivity contribution in [1.29, 1.82) is 5.26 Å². The molecule has 0 saturated carbocycles. The topological polar surface area (TPSA) is 141 Å². The van der Waals surface area contributed by atoms with Gasteiger partial charge in [0.2, 0.25) is 5.91 Å². The van der Waals surface area contributed by atoms with E-state index in [-0.39, 0.29) is 22.7 Å². The van der Waals surface area contributed by atoms with Gasteiger partial charge in [-0.1, -0.05) is 55.8 Å². The number of carbonyl (C=O) groups is 1. The van der Waals surface area contributed by atoms with Crippen molar-refractivity contribution in [2.45, 2.75) is 37.2 Å². The first-order valence-corrected chi connectivity index (χ1v) is 14.0. The summed E-state index contributed by atoms with van der Waals surface area (Å²) in [4.78, 5) is 16.7. The number of amidine groups is 1. The normalized spacial score (nSPS) is 16.5. The molecule has 9 nitrogen and oxygen atoms in total. The number of hydrogen-bond acceptors (Lipinski definition) is 7. The van der Waals surface area contributed by atoms with Crippen molar-refractivity contribution in [3.05, 3.63) is 95.0 Å². The molecule has 0 saturated heterocycles. The standard InChI is InChI=1S/C28H27ClN6O3S/c1-18(2)26(27(31)36)32-28(34-39(37,38)23-14-8-19(17-30)9-15-23)24-16-25(20-6-4-3-5-7-20)35(33-24)22-12-10-21(29)11-13-22/h3-15,18,25-26H,16H2,1-2H3,(H2,31,36)(H,32,34)/t25?,26-/m0/s1. The number of carbonyl (C=O) groups excluding carboxylic acids is 1. The fourth-order valence-corrected chi connectivity index (χ4v) is 5.32. The van der Waals surface area contributed by atoms with Gasteiger partial charge < -0.3 is 5.73 Å². The minimum absolute atomic E-state index is 0.0675. The number of amides is 1. The van der Waals surface area contributed by atoms with Gasteiger partial charge in [0.15, 0.2) is 5.84 Å². The maximum Gasteiger partial charge on any atom is 0.263 e. The number of benzene rings is 3. The maximum absolute atomic E-state index is 13.4. The number of nitriles is 1. The fourth-order valence-electron chi connectivity index (χ4n) is 4.15. The number of nitrogens with one attached hydrogen (secondary N) is 1. The summed E-state index contributed by atoms with van der Waals surface area (Å²) < 4.78 is 29.3. The number of nitrogens with two attached hydrogens (primary N) is 1. The van der Waals surface area contributed by atoms with Crippen LogP contribution in [0.4, 0.5) is 5.69 Å². The first-order valence-electron chi connectivity index (χ1n) is 12.2. The summed E-state index contributed by atoms with van der Waals surface area (Å²) in [5.74, 6) is -1.06. The second-order valence-corrected chi connectivity index (χ2v) is 11.4. The summed E-state index contributed by atoms with van der Waals surface area (Å²) in [7, 11) is -4.15.